The number of aryl methyl sites for hydroxylation is 1. The molecule has 1 aromatic carbocycles. The Kier molecular flexibility index (Phi) is 5.95. The van der Waals surface area contributed by atoms with Crippen LogP contribution in [0.25, 0.3) is 22.0 Å². The number of benzene rings is 1. The molecule has 0 N–H and O–H groups in total. The lowest BCUT2D eigenvalue weighted by Gasteiger charge is -2.27. The predicted molar refractivity (Wildman–Crippen MR) is 122 cm³/mol. The molecule has 2 aliphatic rings. The topological polar surface area (TPSA) is 63.9 Å². The van der Waals surface area contributed by atoms with Crippen LogP contribution >= 0.6 is 0 Å². The Labute approximate surface area is 192 Å². The van der Waals surface area contributed by atoms with Crippen molar-refractivity contribution in [3.63, 3.8) is 0 Å². The number of rotatable bonds is 6. The van der Waals surface area contributed by atoms with E-state index in [1.807, 2.05) is 30.1 Å². The Morgan fingerprint density at radius 3 is 2.67 bits per heavy atom. The molecule has 8 heteroatoms. The molecule has 174 valence electrons. The van der Waals surface area contributed by atoms with Gasteiger partial charge in [-0.25, -0.2) is 18.7 Å². The fraction of sp³-hybridized carbons (Fsp3) is 0.520. The molecule has 0 bridgehead atoms. The van der Waals surface area contributed by atoms with Gasteiger partial charge in [-0.15, -0.1) is 0 Å². The van der Waals surface area contributed by atoms with Gasteiger partial charge in [-0.05, 0) is 50.4 Å². The molecule has 3 aromatic rings. The van der Waals surface area contributed by atoms with Crippen molar-refractivity contribution in [3.8, 4) is 11.1 Å². The molecule has 0 unspecified atom stereocenters. The van der Waals surface area contributed by atoms with Crippen LogP contribution in [0.1, 0.15) is 50.0 Å². The smallest absolute Gasteiger partial charge is 0.248 e. The second-order valence-corrected chi connectivity index (χ2v) is 9.44. The minimum atomic E-state index is -2.63. The van der Waals surface area contributed by atoms with Crippen molar-refractivity contribution in [2.75, 3.05) is 13.1 Å². The van der Waals surface area contributed by atoms with Crippen LogP contribution in [0.3, 0.4) is 0 Å². The SMILES string of the molecule is Cn1ncc(-c2ccc3cnc(CC(=O)C4CCC(F)(F)CC4)nc3c2)c1CN1CCCC1. The van der Waals surface area contributed by atoms with E-state index in [0.29, 0.717) is 5.82 Å². The molecule has 1 saturated heterocycles. The third kappa shape index (κ3) is 4.81. The molecule has 1 aliphatic heterocycles. The second kappa shape index (κ2) is 8.89. The summed E-state index contributed by atoms with van der Waals surface area (Å²) in [5.74, 6) is -2.54. The van der Waals surface area contributed by atoms with Gasteiger partial charge < -0.3 is 0 Å². The van der Waals surface area contributed by atoms with Crippen LogP contribution in [0.5, 0.6) is 0 Å². The van der Waals surface area contributed by atoms with Crippen LogP contribution in [0.15, 0.2) is 30.6 Å². The molecule has 1 saturated carbocycles. The average molecular weight is 454 g/mol. The highest BCUT2D eigenvalue weighted by atomic mass is 19.3. The van der Waals surface area contributed by atoms with Crippen molar-refractivity contribution < 1.29 is 13.6 Å². The minimum Gasteiger partial charge on any atom is -0.299 e. The molecule has 6 nitrogen and oxygen atoms in total. The predicted octanol–water partition coefficient (Wildman–Crippen LogP) is 4.56. The van der Waals surface area contributed by atoms with E-state index in [4.69, 9.17) is 0 Å². The molecule has 5 rings (SSSR count). The Morgan fingerprint density at radius 1 is 1.15 bits per heavy atom. The molecule has 0 spiro atoms. The third-order valence-electron chi connectivity index (χ3n) is 7.08. The Bertz CT molecular complexity index is 1160. The van der Waals surface area contributed by atoms with Gasteiger partial charge >= 0.3 is 0 Å². The number of fused-ring (bicyclic) bond motifs is 1. The number of nitrogens with zero attached hydrogens (tertiary/aromatic N) is 5. The van der Waals surface area contributed by atoms with Crippen molar-refractivity contribution >= 4 is 16.7 Å². The second-order valence-electron chi connectivity index (χ2n) is 9.44. The summed E-state index contributed by atoms with van der Waals surface area (Å²) in [6.45, 7) is 3.10. The van der Waals surface area contributed by atoms with Gasteiger partial charge in [-0.1, -0.05) is 12.1 Å². The van der Waals surface area contributed by atoms with Crippen molar-refractivity contribution in [2.45, 2.75) is 57.4 Å². The summed E-state index contributed by atoms with van der Waals surface area (Å²) in [5, 5.41) is 5.39. The lowest BCUT2D eigenvalue weighted by Crippen LogP contribution is -2.29. The van der Waals surface area contributed by atoms with Gasteiger partial charge in [-0.3, -0.25) is 14.4 Å². The lowest BCUT2D eigenvalue weighted by molar-refractivity contribution is -0.126. The zero-order chi connectivity index (χ0) is 23.0. The number of aromatic nitrogens is 4. The van der Waals surface area contributed by atoms with E-state index < -0.39 is 5.92 Å². The normalized spacial score (nSPS) is 19.4. The standard InChI is InChI=1S/C25H29F2N5O/c1-31-22(16-32-10-2-3-11-32)20(15-29-31)18-4-5-19-14-28-24(30-21(19)12-18)13-23(33)17-6-8-25(26,27)9-7-17/h4-5,12,14-15,17H,2-3,6-11,13,16H2,1H3. The van der Waals surface area contributed by atoms with E-state index in [1.54, 1.807) is 6.20 Å². The first-order valence-electron chi connectivity index (χ1n) is 11.8. The molecular weight excluding hydrogens is 424 g/mol. The van der Waals surface area contributed by atoms with E-state index in [0.717, 1.165) is 41.7 Å². The van der Waals surface area contributed by atoms with E-state index >= 15 is 0 Å². The molecular formula is C25H29F2N5O. The number of halogens is 2. The van der Waals surface area contributed by atoms with Gasteiger partial charge in [0.1, 0.15) is 11.6 Å². The summed E-state index contributed by atoms with van der Waals surface area (Å²) in [6, 6.07) is 6.08. The summed E-state index contributed by atoms with van der Waals surface area (Å²) < 4.78 is 28.8. The highest BCUT2D eigenvalue weighted by Gasteiger charge is 2.37. The Hall–Kier alpha value is -2.74. The average Bonchev–Trinajstić information content (AvgIpc) is 3.43. The minimum absolute atomic E-state index is 0.0406. The number of carbonyl (C=O) groups is 1. The third-order valence-corrected chi connectivity index (χ3v) is 7.08. The lowest BCUT2D eigenvalue weighted by atomic mass is 9.83. The monoisotopic (exact) mass is 453 g/mol. The van der Waals surface area contributed by atoms with Crippen LogP contribution in [-0.2, 0) is 24.8 Å². The molecule has 1 aliphatic carbocycles. The van der Waals surface area contributed by atoms with Crippen LogP contribution in [0.4, 0.5) is 8.78 Å². The van der Waals surface area contributed by atoms with Gasteiger partial charge in [-0.2, -0.15) is 5.10 Å². The summed E-state index contributed by atoms with van der Waals surface area (Å²) >= 11 is 0. The van der Waals surface area contributed by atoms with Crippen LogP contribution in [0, 0.1) is 5.92 Å². The van der Waals surface area contributed by atoms with E-state index in [-0.39, 0.29) is 43.8 Å². The fourth-order valence-electron chi connectivity index (χ4n) is 5.02. The molecule has 2 aromatic heterocycles. The Balaban J connectivity index is 1.36. The number of Topliss-reactive ketones (excluding diaryl/α,β-unsaturated/α-hetero) is 1. The maximum atomic E-state index is 13.4. The van der Waals surface area contributed by atoms with Gasteiger partial charge in [0.2, 0.25) is 5.92 Å². The van der Waals surface area contributed by atoms with E-state index in [9.17, 15) is 13.6 Å². The Morgan fingerprint density at radius 2 is 1.91 bits per heavy atom. The number of ketones is 1. The molecule has 33 heavy (non-hydrogen) atoms. The number of likely N-dealkylation sites (tertiary alicyclic amines) is 1. The molecule has 0 radical (unpaired) electrons. The summed E-state index contributed by atoms with van der Waals surface area (Å²) in [6.07, 6.45) is 6.26. The quantitative estimate of drug-likeness (QED) is 0.547. The number of carbonyl (C=O) groups excluding carboxylic acids is 1. The molecule has 2 fully saturated rings. The highest BCUT2D eigenvalue weighted by molar-refractivity contribution is 5.86. The van der Waals surface area contributed by atoms with Crippen molar-refractivity contribution in [1.82, 2.24) is 24.6 Å². The van der Waals surface area contributed by atoms with Crippen LogP contribution < -0.4 is 0 Å². The maximum Gasteiger partial charge on any atom is 0.248 e. The first-order valence-corrected chi connectivity index (χ1v) is 11.8. The number of alkyl halides is 2. The van der Waals surface area contributed by atoms with Crippen molar-refractivity contribution in [1.29, 1.82) is 0 Å². The van der Waals surface area contributed by atoms with E-state index in [2.05, 4.69) is 26.0 Å². The molecule has 3 heterocycles. The van der Waals surface area contributed by atoms with Gasteiger partial charge in [0.25, 0.3) is 0 Å². The zero-order valence-electron chi connectivity index (χ0n) is 18.9. The summed E-state index contributed by atoms with van der Waals surface area (Å²) in [4.78, 5) is 24.1. The summed E-state index contributed by atoms with van der Waals surface area (Å²) in [7, 11) is 1.98. The number of hydrogen-bond donors (Lipinski definition) is 0. The maximum absolute atomic E-state index is 13.4. The number of hydrogen-bond acceptors (Lipinski definition) is 5. The molecule has 0 atom stereocenters. The van der Waals surface area contributed by atoms with Crippen molar-refractivity contribution in [2.24, 2.45) is 13.0 Å². The first-order chi connectivity index (χ1) is 15.9. The van der Waals surface area contributed by atoms with E-state index in [1.165, 1.54) is 18.5 Å². The van der Waals surface area contributed by atoms with Crippen molar-refractivity contribution in [3.05, 3.63) is 42.1 Å². The summed E-state index contributed by atoms with van der Waals surface area (Å²) in [5.41, 5.74) is 4.08. The van der Waals surface area contributed by atoms with Crippen LogP contribution in [0.2, 0.25) is 0 Å². The fourth-order valence-corrected chi connectivity index (χ4v) is 5.02. The zero-order valence-corrected chi connectivity index (χ0v) is 18.9. The largest absolute Gasteiger partial charge is 0.299 e. The van der Waals surface area contributed by atoms with Gasteiger partial charge in [0.15, 0.2) is 0 Å². The van der Waals surface area contributed by atoms with Crippen LogP contribution in [-0.4, -0.2) is 49.4 Å². The first kappa shape index (κ1) is 22.1. The highest BCUT2D eigenvalue weighted by Crippen LogP contribution is 2.36. The van der Waals surface area contributed by atoms with Gasteiger partial charge in [0.05, 0.1) is 23.8 Å². The van der Waals surface area contributed by atoms with Gasteiger partial charge in [0, 0.05) is 49.5 Å². The molecule has 0 amide bonds.